The van der Waals surface area contributed by atoms with Gasteiger partial charge in [0.05, 0.1) is 29.3 Å². The van der Waals surface area contributed by atoms with Gasteiger partial charge in [-0.3, -0.25) is 15.1 Å². The molecule has 0 saturated carbocycles. The van der Waals surface area contributed by atoms with Gasteiger partial charge in [-0.15, -0.1) is 0 Å². The maximum absolute atomic E-state index is 11.0. The summed E-state index contributed by atoms with van der Waals surface area (Å²) in [6, 6.07) is 0. The third-order valence-corrected chi connectivity index (χ3v) is 3.13. The van der Waals surface area contributed by atoms with Gasteiger partial charge in [-0.1, -0.05) is 11.6 Å². The number of pyridine rings is 1. The van der Waals surface area contributed by atoms with Crippen molar-refractivity contribution in [3.8, 4) is 0 Å². The van der Waals surface area contributed by atoms with Gasteiger partial charge in [-0.25, -0.2) is 0 Å². The molecule has 0 radical (unpaired) electrons. The fourth-order valence-electron chi connectivity index (χ4n) is 2.07. The molecule has 0 amide bonds. The molecular formula is C11H14ClN3O4. The van der Waals surface area contributed by atoms with Crippen LogP contribution in [0.1, 0.15) is 0 Å². The number of morpholine rings is 1. The van der Waals surface area contributed by atoms with Crippen molar-refractivity contribution in [3.05, 3.63) is 27.5 Å². The van der Waals surface area contributed by atoms with E-state index in [1.807, 2.05) is 4.90 Å². The van der Waals surface area contributed by atoms with E-state index in [-0.39, 0.29) is 16.8 Å². The predicted molar refractivity (Wildman–Crippen MR) is 69.7 cm³/mol. The molecule has 0 bridgehead atoms. The second kappa shape index (κ2) is 6.14. The SMILES string of the molecule is COCC1CN(c2c(Cl)cncc2[N+](=O)[O-])CCO1. The Balaban J connectivity index is 2.28. The Hall–Kier alpha value is -1.44. The number of nitro groups is 1. The van der Waals surface area contributed by atoms with Gasteiger partial charge in [-0.2, -0.15) is 0 Å². The molecule has 19 heavy (non-hydrogen) atoms. The van der Waals surface area contributed by atoms with Gasteiger partial charge in [0.15, 0.2) is 0 Å². The predicted octanol–water partition coefficient (Wildman–Crippen LogP) is 1.49. The van der Waals surface area contributed by atoms with E-state index >= 15 is 0 Å². The highest BCUT2D eigenvalue weighted by atomic mass is 35.5. The average molecular weight is 288 g/mol. The van der Waals surface area contributed by atoms with Crippen LogP contribution in [0.15, 0.2) is 12.4 Å². The molecule has 8 heteroatoms. The lowest BCUT2D eigenvalue weighted by Crippen LogP contribution is -2.44. The Morgan fingerprint density at radius 2 is 2.47 bits per heavy atom. The van der Waals surface area contributed by atoms with Crippen molar-refractivity contribution in [2.45, 2.75) is 6.10 Å². The molecule has 2 rings (SSSR count). The monoisotopic (exact) mass is 287 g/mol. The van der Waals surface area contributed by atoms with Crippen LogP contribution < -0.4 is 4.90 Å². The molecule has 1 saturated heterocycles. The lowest BCUT2D eigenvalue weighted by Gasteiger charge is -2.34. The Labute approximate surface area is 115 Å². The number of anilines is 1. The Bertz CT molecular complexity index is 469. The first-order chi connectivity index (χ1) is 9.13. The molecule has 1 aromatic heterocycles. The molecule has 1 aromatic rings. The second-order valence-electron chi connectivity index (χ2n) is 4.14. The van der Waals surface area contributed by atoms with Crippen molar-refractivity contribution in [2.75, 3.05) is 38.3 Å². The summed E-state index contributed by atoms with van der Waals surface area (Å²) in [7, 11) is 1.59. The first-order valence-electron chi connectivity index (χ1n) is 5.77. The first-order valence-corrected chi connectivity index (χ1v) is 6.14. The van der Waals surface area contributed by atoms with Crippen molar-refractivity contribution in [1.29, 1.82) is 0 Å². The largest absolute Gasteiger partial charge is 0.382 e. The number of hydrogen-bond acceptors (Lipinski definition) is 6. The van der Waals surface area contributed by atoms with E-state index in [0.717, 1.165) is 0 Å². The minimum Gasteiger partial charge on any atom is -0.382 e. The van der Waals surface area contributed by atoms with Crippen LogP contribution >= 0.6 is 11.6 Å². The van der Waals surface area contributed by atoms with Gasteiger partial charge in [0.1, 0.15) is 11.9 Å². The summed E-state index contributed by atoms with van der Waals surface area (Å²) in [4.78, 5) is 16.2. The zero-order chi connectivity index (χ0) is 13.8. The summed E-state index contributed by atoms with van der Waals surface area (Å²) in [5.74, 6) is 0. The van der Waals surface area contributed by atoms with Gasteiger partial charge in [0.25, 0.3) is 0 Å². The third kappa shape index (κ3) is 3.12. The fourth-order valence-corrected chi connectivity index (χ4v) is 2.35. The Morgan fingerprint density at radius 1 is 1.68 bits per heavy atom. The number of methoxy groups -OCH3 is 1. The van der Waals surface area contributed by atoms with Gasteiger partial charge in [0.2, 0.25) is 0 Å². The van der Waals surface area contributed by atoms with Crippen molar-refractivity contribution in [1.82, 2.24) is 4.98 Å². The molecule has 1 aliphatic rings. The van der Waals surface area contributed by atoms with Crippen LogP contribution in [0, 0.1) is 10.1 Å². The summed E-state index contributed by atoms with van der Waals surface area (Å²) >= 11 is 6.05. The summed E-state index contributed by atoms with van der Waals surface area (Å²) in [6.07, 6.45) is 2.50. The highest BCUT2D eigenvalue weighted by molar-refractivity contribution is 6.33. The number of ether oxygens (including phenoxy) is 2. The average Bonchev–Trinajstić information content (AvgIpc) is 2.39. The van der Waals surface area contributed by atoms with E-state index < -0.39 is 4.92 Å². The normalized spacial score (nSPS) is 19.5. The standard InChI is InChI=1S/C11H14ClN3O4/c1-18-7-8-6-14(2-3-19-8)11-9(12)4-13-5-10(11)15(16)17/h4-5,8H,2-3,6-7H2,1H3. The quantitative estimate of drug-likeness (QED) is 0.617. The number of hydrogen-bond donors (Lipinski definition) is 0. The van der Waals surface area contributed by atoms with Crippen molar-refractivity contribution in [3.63, 3.8) is 0 Å². The molecule has 0 aliphatic carbocycles. The summed E-state index contributed by atoms with van der Waals surface area (Å²) in [5.41, 5.74) is 0.302. The maximum atomic E-state index is 11.0. The summed E-state index contributed by atoms with van der Waals surface area (Å²) in [5, 5.41) is 11.3. The van der Waals surface area contributed by atoms with Crippen LogP contribution in [0.3, 0.4) is 0 Å². The topological polar surface area (TPSA) is 77.7 Å². The van der Waals surface area contributed by atoms with E-state index in [9.17, 15) is 10.1 Å². The van der Waals surface area contributed by atoms with Crippen LogP contribution in [-0.4, -0.2) is 49.4 Å². The zero-order valence-corrected chi connectivity index (χ0v) is 11.2. The number of nitrogens with zero attached hydrogens (tertiary/aromatic N) is 3. The molecule has 1 aliphatic heterocycles. The highest BCUT2D eigenvalue weighted by Gasteiger charge is 2.28. The minimum atomic E-state index is -0.477. The van der Waals surface area contributed by atoms with Crippen molar-refractivity contribution in [2.24, 2.45) is 0 Å². The van der Waals surface area contributed by atoms with Gasteiger partial charge in [-0.05, 0) is 0 Å². The molecule has 0 spiro atoms. The lowest BCUT2D eigenvalue weighted by molar-refractivity contribution is -0.384. The molecule has 1 unspecified atom stereocenters. The second-order valence-corrected chi connectivity index (χ2v) is 4.55. The number of halogens is 1. The van der Waals surface area contributed by atoms with Crippen LogP contribution in [0.2, 0.25) is 5.02 Å². The number of aromatic nitrogens is 1. The van der Waals surface area contributed by atoms with E-state index in [0.29, 0.717) is 32.0 Å². The lowest BCUT2D eigenvalue weighted by atomic mass is 10.2. The van der Waals surface area contributed by atoms with Crippen LogP contribution in [0.4, 0.5) is 11.4 Å². The smallest absolute Gasteiger partial charge is 0.312 e. The molecule has 0 N–H and O–H groups in total. The van der Waals surface area contributed by atoms with Gasteiger partial charge < -0.3 is 14.4 Å². The molecule has 0 aromatic carbocycles. The highest BCUT2D eigenvalue weighted by Crippen LogP contribution is 2.35. The van der Waals surface area contributed by atoms with E-state index in [1.165, 1.54) is 12.4 Å². The van der Waals surface area contributed by atoms with Crippen LogP contribution in [0.5, 0.6) is 0 Å². The summed E-state index contributed by atoms with van der Waals surface area (Å²) < 4.78 is 10.6. The third-order valence-electron chi connectivity index (χ3n) is 2.86. The van der Waals surface area contributed by atoms with E-state index in [2.05, 4.69) is 4.98 Å². The Kier molecular flexibility index (Phi) is 4.52. The van der Waals surface area contributed by atoms with Gasteiger partial charge >= 0.3 is 5.69 Å². The minimum absolute atomic E-state index is 0.0921. The van der Waals surface area contributed by atoms with Gasteiger partial charge in [0, 0.05) is 26.4 Å². The van der Waals surface area contributed by atoms with E-state index in [1.54, 1.807) is 7.11 Å². The number of rotatable bonds is 4. The first kappa shape index (κ1) is 14.0. The van der Waals surface area contributed by atoms with Crippen molar-refractivity contribution < 1.29 is 14.4 Å². The van der Waals surface area contributed by atoms with E-state index in [4.69, 9.17) is 21.1 Å². The molecule has 2 heterocycles. The zero-order valence-electron chi connectivity index (χ0n) is 10.4. The summed E-state index contributed by atoms with van der Waals surface area (Å²) in [6.45, 7) is 1.96. The van der Waals surface area contributed by atoms with Crippen LogP contribution in [-0.2, 0) is 9.47 Å². The molecular weight excluding hydrogens is 274 g/mol. The fraction of sp³-hybridized carbons (Fsp3) is 0.545. The maximum Gasteiger partial charge on any atom is 0.312 e. The molecule has 7 nitrogen and oxygen atoms in total. The molecule has 1 fully saturated rings. The Morgan fingerprint density at radius 3 is 3.16 bits per heavy atom. The van der Waals surface area contributed by atoms with Crippen molar-refractivity contribution >= 4 is 23.0 Å². The molecule has 1 atom stereocenters. The van der Waals surface area contributed by atoms with Crippen LogP contribution in [0.25, 0.3) is 0 Å². The molecule has 104 valence electrons.